The van der Waals surface area contributed by atoms with Crippen molar-refractivity contribution in [3.05, 3.63) is 91.0 Å². The molecule has 3 aromatic rings. The minimum atomic E-state index is -0.555. The van der Waals surface area contributed by atoms with Gasteiger partial charge in [-0.25, -0.2) is 4.79 Å². The molecular weight excluding hydrogens is 322 g/mol. The Morgan fingerprint density at radius 3 is 2.46 bits per heavy atom. The van der Waals surface area contributed by atoms with Gasteiger partial charge in [0.1, 0.15) is 6.04 Å². The van der Waals surface area contributed by atoms with Crippen molar-refractivity contribution in [3.63, 3.8) is 0 Å². The SMILES string of the molecule is C=C[C@H](c1ccccc1)[C@@H](Nc1cccc2ccccc12)C(=O)OCC. The van der Waals surface area contributed by atoms with Crippen LogP contribution in [0, 0.1) is 0 Å². The quantitative estimate of drug-likeness (QED) is 0.475. The van der Waals surface area contributed by atoms with E-state index in [0.717, 1.165) is 22.0 Å². The number of carbonyl (C=O) groups is 1. The number of fused-ring (bicyclic) bond motifs is 1. The standard InChI is InChI=1S/C23H23NO2/c1-3-19(17-11-6-5-7-12-17)22(23(25)26-4-2)24-21-16-10-14-18-13-8-9-15-20(18)21/h3,5-16,19,22,24H,1,4H2,2H3/t19-,22-/m1/s1. The fourth-order valence-electron chi connectivity index (χ4n) is 3.19. The predicted octanol–water partition coefficient (Wildman–Crippen LogP) is 5.15. The highest BCUT2D eigenvalue weighted by atomic mass is 16.5. The largest absolute Gasteiger partial charge is 0.464 e. The van der Waals surface area contributed by atoms with Crippen LogP contribution in [-0.2, 0) is 9.53 Å². The van der Waals surface area contributed by atoms with Crippen LogP contribution in [0.1, 0.15) is 18.4 Å². The minimum absolute atomic E-state index is 0.200. The van der Waals surface area contributed by atoms with Gasteiger partial charge in [0.15, 0.2) is 0 Å². The zero-order valence-electron chi connectivity index (χ0n) is 14.9. The molecule has 0 spiro atoms. The van der Waals surface area contributed by atoms with Gasteiger partial charge in [-0.05, 0) is 23.9 Å². The van der Waals surface area contributed by atoms with Crippen LogP contribution < -0.4 is 5.32 Å². The lowest BCUT2D eigenvalue weighted by Gasteiger charge is -2.26. The molecule has 0 aliphatic heterocycles. The van der Waals surface area contributed by atoms with Crippen LogP contribution in [0.3, 0.4) is 0 Å². The molecule has 0 saturated heterocycles. The maximum atomic E-state index is 12.7. The lowest BCUT2D eigenvalue weighted by atomic mass is 9.91. The van der Waals surface area contributed by atoms with Crippen LogP contribution in [0.5, 0.6) is 0 Å². The van der Waals surface area contributed by atoms with Crippen LogP contribution in [0.2, 0.25) is 0 Å². The molecule has 26 heavy (non-hydrogen) atoms. The number of benzene rings is 3. The van der Waals surface area contributed by atoms with E-state index in [9.17, 15) is 4.79 Å². The van der Waals surface area contributed by atoms with Gasteiger partial charge in [0.25, 0.3) is 0 Å². The third kappa shape index (κ3) is 3.77. The van der Waals surface area contributed by atoms with Crippen LogP contribution in [0.4, 0.5) is 5.69 Å². The second-order valence-electron chi connectivity index (χ2n) is 6.07. The number of nitrogens with one attached hydrogen (secondary N) is 1. The summed E-state index contributed by atoms with van der Waals surface area (Å²) in [7, 11) is 0. The van der Waals surface area contributed by atoms with Gasteiger partial charge in [-0.2, -0.15) is 0 Å². The Bertz CT molecular complexity index is 884. The Labute approximate surface area is 154 Å². The van der Waals surface area contributed by atoms with Gasteiger partial charge < -0.3 is 10.1 Å². The van der Waals surface area contributed by atoms with Crippen LogP contribution in [0.15, 0.2) is 85.5 Å². The van der Waals surface area contributed by atoms with E-state index in [-0.39, 0.29) is 11.9 Å². The molecule has 2 atom stereocenters. The zero-order valence-corrected chi connectivity index (χ0v) is 14.9. The Balaban J connectivity index is 2.01. The number of rotatable bonds is 7. The van der Waals surface area contributed by atoms with E-state index in [4.69, 9.17) is 4.74 Å². The normalized spacial score (nSPS) is 13.0. The van der Waals surface area contributed by atoms with Gasteiger partial charge in [0.2, 0.25) is 0 Å². The zero-order chi connectivity index (χ0) is 18.4. The van der Waals surface area contributed by atoms with E-state index < -0.39 is 6.04 Å². The lowest BCUT2D eigenvalue weighted by Crippen LogP contribution is -2.36. The first-order valence-corrected chi connectivity index (χ1v) is 8.83. The topological polar surface area (TPSA) is 38.3 Å². The molecule has 0 heterocycles. The van der Waals surface area contributed by atoms with Gasteiger partial charge >= 0.3 is 5.97 Å². The predicted molar refractivity (Wildman–Crippen MR) is 107 cm³/mol. The summed E-state index contributed by atoms with van der Waals surface area (Å²) in [6, 6.07) is 23.5. The number of hydrogen-bond donors (Lipinski definition) is 1. The first-order chi connectivity index (χ1) is 12.7. The third-order valence-electron chi connectivity index (χ3n) is 4.44. The molecule has 1 N–H and O–H groups in total. The summed E-state index contributed by atoms with van der Waals surface area (Å²) in [5.41, 5.74) is 1.93. The van der Waals surface area contributed by atoms with Crippen molar-refractivity contribution in [1.29, 1.82) is 0 Å². The number of anilines is 1. The molecule has 3 rings (SSSR count). The van der Waals surface area contributed by atoms with Crippen molar-refractivity contribution >= 4 is 22.4 Å². The fourth-order valence-corrected chi connectivity index (χ4v) is 3.19. The number of esters is 1. The average molecular weight is 345 g/mol. The molecule has 3 aromatic carbocycles. The smallest absolute Gasteiger partial charge is 0.329 e. The summed E-state index contributed by atoms with van der Waals surface area (Å²) >= 11 is 0. The number of carbonyl (C=O) groups excluding carboxylic acids is 1. The molecule has 3 nitrogen and oxygen atoms in total. The minimum Gasteiger partial charge on any atom is -0.464 e. The molecule has 132 valence electrons. The van der Waals surface area contributed by atoms with Gasteiger partial charge in [-0.3, -0.25) is 0 Å². The van der Waals surface area contributed by atoms with Crippen molar-refractivity contribution < 1.29 is 9.53 Å². The molecule has 0 unspecified atom stereocenters. The van der Waals surface area contributed by atoms with Crippen molar-refractivity contribution in [2.45, 2.75) is 18.9 Å². The highest BCUT2D eigenvalue weighted by molar-refractivity contribution is 5.95. The van der Waals surface area contributed by atoms with Gasteiger partial charge in [-0.1, -0.05) is 72.8 Å². The van der Waals surface area contributed by atoms with Gasteiger partial charge in [-0.15, -0.1) is 6.58 Å². The lowest BCUT2D eigenvalue weighted by molar-refractivity contribution is -0.144. The molecule has 0 aliphatic carbocycles. The highest BCUT2D eigenvalue weighted by Gasteiger charge is 2.29. The van der Waals surface area contributed by atoms with Crippen LogP contribution in [0.25, 0.3) is 10.8 Å². The van der Waals surface area contributed by atoms with Crippen molar-refractivity contribution in [3.8, 4) is 0 Å². The Morgan fingerprint density at radius 2 is 1.73 bits per heavy atom. The number of hydrogen-bond acceptors (Lipinski definition) is 3. The molecule has 0 amide bonds. The summed E-state index contributed by atoms with van der Waals surface area (Å²) in [5, 5.41) is 5.60. The van der Waals surface area contributed by atoms with E-state index in [1.165, 1.54) is 0 Å². The molecule has 0 saturated carbocycles. The maximum Gasteiger partial charge on any atom is 0.329 e. The van der Waals surface area contributed by atoms with Gasteiger partial charge in [0, 0.05) is 17.0 Å². The first-order valence-electron chi connectivity index (χ1n) is 8.83. The highest BCUT2D eigenvalue weighted by Crippen LogP contribution is 2.29. The summed E-state index contributed by atoms with van der Waals surface area (Å²) in [5.74, 6) is -0.483. The summed E-state index contributed by atoms with van der Waals surface area (Å²) in [6.07, 6.45) is 1.80. The van der Waals surface area contributed by atoms with Gasteiger partial charge in [0.05, 0.1) is 6.61 Å². The molecule has 0 radical (unpaired) electrons. The van der Waals surface area contributed by atoms with E-state index in [0.29, 0.717) is 6.61 Å². The van der Waals surface area contributed by atoms with E-state index in [1.54, 1.807) is 6.08 Å². The molecule has 0 bridgehead atoms. The van der Waals surface area contributed by atoms with Crippen molar-refractivity contribution in [2.24, 2.45) is 0 Å². The summed E-state index contributed by atoms with van der Waals surface area (Å²) < 4.78 is 5.34. The van der Waals surface area contributed by atoms with E-state index >= 15 is 0 Å². The van der Waals surface area contributed by atoms with Crippen LogP contribution in [-0.4, -0.2) is 18.6 Å². The Kier molecular flexibility index (Phi) is 5.69. The maximum absolute atomic E-state index is 12.7. The summed E-state index contributed by atoms with van der Waals surface area (Å²) in [6.45, 7) is 6.11. The van der Waals surface area contributed by atoms with Crippen LogP contribution >= 0.6 is 0 Å². The molecule has 0 aromatic heterocycles. The first kappa shape index (κ1) is 17.7. The molecule has 3 heteroatoms. The molecule has 0 fully saturated rings. The number of ether oxygens (including phenoxy) is 1. The summed E-state index contributed by atoms with van der Waals surface area (Å²) in [4.78, 5) is 12.7. The Hall–Kier alpha value is -3.07. The molecule has 0 aliphatic rings. The second-order valence-corrected chi connectivity index (χ2v) is 6.07. The van der Waals surface area contributed by atoms with E-state index in [2.05, 4.69) is 24.0 Å². The van der Waals surface area contributed by atoms with E-state index in [1.807, 2.05) is 67.6 Å². The Morgan fingerprint density at radius 1 is 1.04 bits per heavy atom. The fraction of sp³-hybridized carbons (Fsp3) is 0.174. The van der Waals surface area contributed by atoms with Crippen molar-refractivity contribution in [2.75, 3.05) is 11.9 Å². The third-order valence-corrected chi connectivity index (χ3v) is 4.44. The monoisotopic (exact) mass is 345 g/mol. The molecular formula is C23H23NO2. The second kappa shape index (κ2) is 8.34. The van der Waals surface area contributed by atoms with Crippen molar-refractivity contribution in [1.82, 2.24) is 0 Å². The average Bonchev–Trinajstić information content (AvgIpc) is 2.69.